The minimum absolute atomic E-state index is 0.290. The third kappa shape index (κ3) is 2.80. The normalized spacial score (nSPS) is 12.2. The second-order valence-corrected chi connectivity index (χ2v) is 4.91. The molecule has 0 amide bonds. The average molecular weight is 247 g/mol. The van der Waals surface area contributed by atoms with Gasteiger partial charge in [-0.3, -0.25) is 0 Å². The van der Waals surface area contributed by atoms with Gasteiger partial charge in [-0.1, -0.05) is 6.07 Å². The summed E-state index contributed by atoms with van der Waals surface area (Å²) in [5, 5.41) is 7.73. The van der Waals surface area contributed by atoms with E-state index < -0.39 is 0 Å². The van der Waals surface area contributed by atoms with Crippen LogP contribution in [-0.2, 0) is 0 Å². The monoisotopic (exact) mass is 247 g/mol. The summed E-state index contributed by atoms with van der Waals surface area (Å²) in [7, 11) is 1.70. The lowest BCUT2D eigenvalue weighted by Gasteiger charge is -2.17. The zero-order valence-electron chi connectivity index (χ0n) is 10.4. The van der Waals surface area contributed by atoms with Gasteiger partial charge in [-0.05, 0) is 53.9 Å². The van der Waals surface area contributed by atoms with Crippen LogP contribution in [0, 0.1) is 6.92 Å². The highest BCUT2D eigenvalue weighted by Crippen LogP contribution is 2.29. The fourth-order valence-electron chi connectivity index (χ4n) is 1.76. The summed E-state index contributed by atoms with van der Waals surface area (Å²) in [5.74, 6) is 0.895. The second kappa shape index (κ2) is 5.23. The third-order valence-electron chi connectivity index (χ3n) is 2.77. The summed E-state index contributed by atoms with van der Waals surface area (Å²) < 4.78 is 5.38. The maximum atomic E-state index is 5.38. The zero-order chi connectivity index (χ0) is 12.3. The summed E-state index contributed by atoms with van der Waals surface area (Å²) in [6, 6.07) is 8.63. The Balaban J connectivity index is 2.18. The zero-order valence-corrected chi connectivity index (χ0v) is 11.2. The first kappa shape index (κ1) is 12.0. The highest BCUT2D eigenvalue weighted by Gasteiger charge is 2.09. The summed E-state index contributed by atoms with van der Waals surface area (Å²) in [5.41, 5.74) is 3.55. The van der Waals surface area contributed by atoms with E-state index in [-0.39, 0.29) is 6.04 Å². The van der Waals surface area contributed by atoms with E-state index >= 15 is 0 Å². The van der Waals surface area contributed by atoms with E-state index in [1.165, 1.54) is 11.1 Å². The molecule has 3 heteroatoms. The maximum Gasteiger partial charge on any atom is 0.142 e. The molecule has 0 aliphatic heterocycles. The van der Waals surface area contributed by atoms with Crippen molar-refractivity contribution in [1.82, 2.24) is 0 Å². The van der Waals surface area contributed by atoms with Gasteiger partial charge in [0.1, 0.15) is 5.75 Å². The standard InChI is InChI=1S/C14H17NOS/c1-10-4-5-13(14(8-10)16-3)15-11(2)12-6-7-17-9-12/h4-9,11,15H,1-3H3. The van der Waals surface area contributed by atoms with Gasteiger partial charge in [-0.15, -0.1) is 0 Å². The molecule has 2 aromatic rings. The van der Waals surface area contributed by atoms with Gasteiger partial charge in [0.2, 0.25) is 0 Å². The van der Waals surface area contributed by atoms with Gasteiger partial charge in [0.15, 0.2) is 0 Å². The van der Waals surface area contributed by atoms with Crippen LogP contribution in [0.5, 0.6) is 5.75 Å². The molecule has 0 spiro atoms. The Morgan fingerprint density at radius 3 is 2.76 bits per heavy atom. The quantitative estimate of drug-likeness (QED) is 0.872. The highest BCUT2D eigenvalue weighted by molar-refractivity contribution is 7.07. The van der Waals surface area contributed by atoms with Crippen LogP contribution >= 0.6 is 11.3 Å². The predicted molar refractivity (Wildman–Crippen MR) is 74.1 cm³/mol. The number of thiophene rings is 1. The van der Waals surface area contributed by atoms with Crippen LogP contribution in [0.3, 0.4) is 0 Å². The van der Waals surface area contributed by atoms with E-state index in [1.54, 1.807) is 18.4 Å². The molecule has 0 fully saturated rings. The number of ether oxygens (including phenoxy) is 1. The molecular weight excluding hydrogens is 230 g/mol. The number of anilines is 1. The molecule has 1 atom stereocenters. The molecule has 2 rings (SSSR count). The molecule has 90 valence electrons. The Morgan fingerprint density at radius 1 is 1.29 bits per heavy atom. The molecule has 1 N–H and O–H groups in total. The van der Waals surface area contributed by atoms with Crippen LogP contribution in [0.25, 0.3) is 0 Å². The second-order valence-electron chi connectivity index (χ2n) is 4.13. The molecule has 0 aliphatic carbocycles. The molecule has 1 heterocycles. The topological polar surface area (TPSA) is 21.3 Å². The fourth-order valence-corrected chi connectivity index (χ4v) is 2.51. The fraction of sp³-hybridized carbons (Fsp3) is 0.286. The van der Waals surface area contributed by atoms with Crippen molar-refractivity contribution >= 4 is 17.0 Å². The minimum Gasteiger partial charge on any atom is -0.495 e. The first-order chi connectivity index (χ1) is 8.20. The Bertz CT molecular complexity index is 479. The molecule has 2 nitrogen and oxygen atoms in total. The maximum absolute atomic E-state index is 5.38. The average Bonchev–Trinajstić information content (AvgIpc) is 2.85. The first-order valence-electron chi connectivity index (χ1n) is 5.64. The van der Waals surface area contributed by atoms with Crippen molar-refractivity contribution in [3.63, 3.8) is 0 Å². The summed E-state index contributed by atoms with van der Waals surface area (Å²) in [4.78, 5) is 0. The molecular formula is C14H17NOS. The molecule has 0 radical (unpaired) electrons. The SMILES string of the molecule is COc1cc(C)ccc1NC(C)c1ccsc1. The molecule has 0 aliphatic rings. The van der Waals surface area contributed by atoms with E-state index in [4.69, 9.17) is 4.74 Å². The van der Waals surface area contributed by atoms with Crippen molar-refractivity contribution < 1.29 is 4.74 Å². The lowest BCUT2D eigenvalue weighted by molar-refractivity contribution is 0.416. The number of benzene rings is 1. The minimum atomic E-state index is 0.290. The summed E-state index contributed by atoms with van der Waals surface area (Å²) >= 11 is 1.72. The lowest BCUT2D eigenvalue weighted by Crippen LogP contribution is -2.06. The van der Waals surface area contributed by atoms with Crippen LogP contribution in [0.15, 0.2) is 35.0 Å². The smallest absolute Gasteiger partial charge is 0.142 e. The van der Waals surface area contributed by atoms with Gasteiger partial charge in [0.25, 0.3) is 0 Å². The van der Waals surface area contributed by atoms with Gasteiger partial charge >= 0.3 is 0 Å². The number of methoxy groups -OCH3 is 1. The summed E-state index contributed by atoms with van der Waals surface area (Å²) in [6.07, 6.45) is 0. The summed E-state index contributed by atoms with van der Waals surface area (Å²) in [6.45, 7) is 4.22. The van der Waals surface area contributed by atoms with Gasteiger partial charge in [-0.25, -0.2) is 0 Å². The molecule has 1 aromatic carbocycles. The van der Waals surface area contributed by atoms with Crippen molar-refractivity contribution in [3.05, 3.63) is 46.2 Å². The van der Waals surface area contributed by atoms with E-state index in [9.17, 15) is 0 Å². The Hall–Kier alpha value is -1.48. The van der Waals surface area contributed by atoms with Gasteiger partial charge in [-0.2, -0.15) is 11.3 Å². The number of hydrogen-bond donors (Lipinski definition) is 1. The van der Waals surface area contributed by atoms with Crippen molar-refractivity contribution in [2.75, 3.05) is 12.4 Å². The molecule has 1 unspecified atom stereocenters. The Labute approximate surface area is 106 Å². The van der Waals surface area contributed by atoms with Crippen LogP contribution in [0.1, 0.15) is 24.1 Å². The Morgan fingerprint density at radius 2 is 2.12 bits per heavy atom. The van der Waals surface area contributed by atoms with E-state index in [0.717, 1.165) is 11.4 Å². The van der Waals surface area contributed by atoms with E-state index in [2.05, 4.69) is 48.1 Å². The number of rotatable bonds is 4. The van der Waals surface area contributed by atoms with Gasteiger partial charge < -0.3 is 10.1 Å². The molecule has 1 aromatic heterocycles. The predicted octanol–water partition coefficient (Wildman–Crippen LogP) is 4.24. The van der Waals surface area contributed by atoms with Crippen LogP contribution in [-0.4, -0.2) is 7.11 Å². The third-order valence-corrected chi connectivity index (χ3v) is 3.47. The van der Waals surface area contributed by atoms with E-state index in [0.29, 0.717) is 0 Å². The van der Waals surface area contributed by atoms with Crippen molar-refractivity contribution in [1.29, 1.82) is 0 Å². The van der Waals surface area contributed by atoms with Crippen LogP contribution in [0.4, 0.5) is 5.69 Å². The number of hydrogen-bond acceptors (Lipinski definition) is 3. The van der Waals surface area contributed by atoms with Crippen molar-refractivity contribution in [2.45, 2.75) is 19.9 Å². The highest BCUT2D eigenvalue weighted by atomic mass is 32.1. The largest absolute Gasteiger partial charge is 0.495 e. The van der Waals surface area contributed by atoms with Gasteiger partial charge in [0.05, 0.1) is 12.8 Å². The molecule has 0 saturated carbocycles. The van der Waals surface area contributed by atoms with Crippen molar-refractivity contribution in [2.24, 2.45) is 0 Å². The molecule has 0 bridgehead atoms. The lowest BCUT2D eigenvalue weighted by atomic mass is 10.1. The number of nitrogens with one attached hydrogen (secondary N) is 1. The van der Waals surface area contributed by atoms with Crippen LogP contribution in [0.2, 0.25) is 0 Å². The van der Waals surface area contributed by atoms with E-state index in [1.807, 2.05) is 6.07 Å². The Kier molecular flexibility index (Phi) is 3.69. The first-order valence-corrected chi connectivity index (χ1v) is 6.58. The molecule has 17 heavy (non-hydrogen) atoms. The van der Waals surface area contributed by atoms with Crippen molar-refractivity contribution in [3.8, 4) is 5.75 Å². The number of aryl methyl sites for hydroxylation is 1. The van der Waals surface area contributed by atoms with Gasteiger partial charge in [0, 0.05) is 6.04 Å². The molecule has 0 saturated heterocycles. The van der Waals surface area contributed by atoms with Crippen LogP contribution < -0.4 is 10.1 Å².